The molecule has 0 aliphatic rings. The largest absolute Gasteiger partial charge is 0.456 e. The van der Waals surface area contributed by atoms with Crippen LogP contribution in [-0.4, -0.2) is 11.4 Å². The van der Waals surface area contributed by atoms with Crippen LogP contribution in [0.3, 0.4) is 0 Å². The average Bonchev–Trinajstić information content (AvgIpc) is 2.60. The lowest BCUT2D eigenvalue weighted by Gasteiger charge is -2.33. The van der Waals surface area contributed by atoms with Crippen LogP contribution < -0.4 is 10.7 Å². The van der Waals surface area contributed by atoms with Gasteiger partial charge < -0.3 is 9.73 Å². The van der Waals surface area contributed by atoms with Crippen molar-refractivity contribution in [2.45, 2.75) is 60.4 Å². The zero-order valence-corrected chi connectivity index (χ0v) is 19.0. The monoisotopic (exact) mass is 405 g/mol. The first-order valence-corrected chi connectivity index (χ1v) is 10.3. The van der Waals surface area contributed by atoms with E-state index in [-0.39, 0.29) is 22.3 Å². The molecule has 3 rings (SSSR count). The topological polar surface area (TPSA) is 59.3 Å². The summed E-state index contributed by atoms with van der Waals surface area (Å²) in [5.74, 6) is 0.390. The number of hydrogen-bond acceptors (Lipinski definition) is 3. The Hall–Kier alpha value is -2.88. The molecule has 4 nitrogen and oxygen atoms in total. The highest BCUT2D eigenvalue weighted by atomic mass is 16.3. The van der Waals surface area contributed by atoms with Gasteiger partial charge in [-0.05, 0) is 68.9 Å². The molecule has 0 aliphatic carbocycles. The highest BCUT2D eigenvalue weighted by Gasteiger charge is 2.27. The molecule has 158 valence electrons. The van der Waals surface area contributed by atoms with Gasteiger partial charge in [-0.1, -0.05) is 39.0 Å². The van der Waals surface area contributed by atoms with Crippen LogP contribution >= 0.6 is 0 Å². The third kappa shape index (κ3) is 4.99. The summed E-state index contributed by atoms with van der Waals surface area (Å²) in [5, 5.41) is 3.71. The molecular formula is C26H31NO3. The van der Waals surface area contributed by atoms with E-state index in [0.29, 0.717) is 22.3 Å². The van der Waals surface area contributed by atoms with Gasteiger partial charge in [-0.3, -0.25) is 9.59 Å². The summed E-state index contributed by atoms with van der Waals surface area (Å²) in [6.07, 6.45) is 0.866. The van der Waals surface area contributed by atoms with Crippen LogP contribution in [0.15, 0.2) is 51.7 Å². The van der Waals surface area contributed by atoms with E-state index >= 15 is 0 Å². The summed E-state index contributed by atoms with van der Waals surface area (Å²) in [5.41, 5.74) is 3.65. The van der Waals surface area contributed by atoms with Gasteiger partial charge in [0.2, 0.25) is 0 Å². The molecule has 0 saturated heterocycles. The molecule has 1 N–H and O–H groups in total. The number of amides is 1. The molecule has 4 heteroatoms. The van der Waals surface area contributed by atoms with E-state index in [4.69, 9.17) is 4.42 Å². The molecule has 1 heterocycles. The van der Waals surface area contributed by atoms with Gasteiger partial charge in [0.05, 0.1) is 5.39 Å². The van der Waals surface area contributed by atoms with Gasteiger partial charge in [-0.15, -0.1) is 0 Å². The quantitative estimate of drug-likeness (QED) is 0.577. The van der Waals surface area contributed by atoms with Crippen molar-refractivity contribution in [3.05, 3.63) is 69.4 Å². The fourth-order valence-electron chi connectivity index (χ4n) is 4.29. The molecule has 0 unspecified atom stereocenters. The lowest BCUT2D eigenvalue weighted by Crippen LogP contribution is -2.45. The summed E-state index contributed by atoms with van der Waals surface area (Å²) < 4.78 is 6.05. The first kappa shape index (κ1) is 21.8. The van der Waals surface area contributed by atoms with Crippen molar-refractivity contribution in [2.24, 2.45) is 5.41 Å². The van der Waals surface area contributed by atoms with Crippen molar-refractivity contribution in [3.8, 4) is 11.3 Å². The van der Waals surface area contributed by atoms with Crippen molar-refractivity contribution < 1.29 is 9.21 Å². The van der Waals surface area contributed by atoms with E-state index in [0.717, 1.165) is 23.1 Å². The van der Waals surface area contributed by atoms with Crippen LogP contribution in [0.4, 0.5) is 0 Å². The SMILES string of the molecule is Cc1cc(C)c2oc(-c3ccc(C(=O)NC(C)(C)CC(C)(C)C)cc3)cc(=O)c2c1. The van der Waals surface area contributed by atoms with E-state index in [2.05, 4.69) is 26.1 Å². The summed E-state index contributed by atoms with van der Waals surface area (Å²) in [4.78, 5) is 25.3. The Kier molecular flexibility index (Phi) is 5.64. The Morgan fingerprint density at radius 3 is 2.20 bits per heavy atom. The molecule has 1 amide bonds. The molecule has 0 atom stereocenters. The highest BCUT2D eigenvalue weighted by Crippen LogP contribution is 2.28. The third-order valence-electron chi connectivity index (χ3n) is 5.01. The minimum Gasteiger partial charge on any atom is -0.456 e. The maximum atomic E-state index is 12.7. The fraction of sp³-hybridized carbons (Fsp3) is 0.385. The Morgan fingerprint density at radius 1 is 0.967 bits per heavy atom. The van der Waals surface area contributed by atoms with E-state index in [1.807, 2.05) is 52.0 Å². The highest BCUT2D eigenvalue weighted by molar-refractivity contribution is 5.95. The Labute approximate surface area is 178 Å². The lowest BCUT2D eigenvalue weighted by atomic mass is 9.81. The predicted octanol–water partition coefficient (Wildman–Crippen LogP) is 6.02. The van der Waals surface area contributed by atoms with Gasteiger partial charge in [0.15, 0.2) is 5.43 Å². The van der Waals surface area contributed by atoms with E-state index < -0.39 is 0 Å². The Bertz CT molecular complexity index is 1150. The fourth-order valence-corrected chi connectivity index (χ4v) is 4.29. The standard InChI is InChI=1S/C26H31NO3/c1-16-12-17(2)23-20(13-16)21(28)14-22(30-23)18-8-10-19(11-9-18)24(29)27-26(6,7)15-25(3,4)5/h8-14H,15H2,1-7H3,(H,27,29). The first-order valence-electron chi connectivity index (χ1n) is 10.3. The number of rotatable bonds is 4. The zero-order valence-electron chi connectivity index (χ0n) is 19.0. The van der Waals surface area contributed by atoms with Gasteiger partial charge in [0, 0.05) is 22.7 Å². The first-order chi connectivity index (χ1) is 13.8. The second-order valence-corrected chi connectivity index (χ2v) is 10.1. The zero-order chi connectivity index (χ0) is 22.3. The number of fused-ring (bicyclic) bond motifs is 1. The Balaban J connectivity index is 1.87. The Morgan fingerprint density at radius 2 is 1.60 bits per heavy atom. The van der Waals surface area contributed by atoms with Crippen LogP contribution in [0.5, 0.6) is 0 Å². The van der Waals surface area contributed by atoms with E-state index in [9.17, 15) is 9.59 Å². The molecule has 0 saturated carbocycles. The molecular weight excluding hydrogens is 374 g/mol. The number of hydrogen-bond donors (Lipinski definition) is 1. The summed E-state index contributed by atoms with van der Waals surface area (Å²) in [7, 11) is 0. The second kappa shape index (κ2) is 7.75. The van der Waals surface area contributed by atoms with Crippen molar-refractivity contribution in [1.29, 1.82) is 0 Å². The van der Waals surface area contributed by atoms with Gasteiger partial charge in [-0.25, -0.2) is 0 Å². The van der Waals surface area contributed by atoms with Crippen molar-refractivity contribution in [2.75, 3.05) is 0 Å². The number of carbonyl (C=O) groups excluding carboxylic acids is 1. The molecule has 3 aromatic rings. The molecule has 30 heavy (non-hydrogen) atoms. The normalized spacial score (nSPS) is 12.2. The van der Waals surface area contributed by atoms with Gasteiger partial charge in [0.25, 0.3) is 5.91 Å². The molecule has 2 aromatic carbocycles. The van der Waals surface area contributed by atoms with Crippen LogP contribution in [-0.2, 0) is 0 Å². The maximum Gasteiger partial charge on any atom is 0.251 e. The maximum absolute atomic E-state index is 12.7. The summed E-state index contributed by atoms with van der Waals surface area (Å²) >= 11 is 0. The number of benzene rings is 2. The van der Waals surface area contributed by atoms with Gasteiger partial charge >= 0.3 is 0 Å². The van der Waals surface area contributed by atoms with Crippen molar-refractivity contribution in [1.82, 2.24) is 5.32 Å². The molecule has 0 radical (unpaired) electrons. The number of carbonyl (C=O) groups is 1. The van der Waals surface area contributed by atoms with Crippen LogP contribution in [0.2, 0.25) is 0 Å². The lowest BCUT2D eigenvalue weighted by molar-refractivity contribution is 0.0891. The van der Waals surface area contributed by atoms with Gasteiger partial charge in [0.1, 0.15) is 11.3 Å². The third-order valence-corrected chi connectivity index (χ3v) is 5.01. The summed E-state index contributed by atoms with van der Waals surface area (Å²) in [6.45, 7) is 14.5. The molecule has 0 spiro atoms. The van der Waals surface area contributed by atoms with E-state index in [1.54, 1.807) is 12.1 Å². The molecule has 0 aliphatic heterocycles. The van der Waals surface area contributed by atoms with Crippen LogP contribution in [0, 0.1) is 19.3 Å². The van der Waals surface area contributed by atoms with Crippen molar-refractivity contribution in [3.63, 3.8) is 0 Å². The predicted molar refractivity (Wildman–Crippen MR) is 123 cm³/mol. The molecule has 1 aromatic heterocycles. The van der Waals surface area contributed by atoms with Crippen molar-refractivity contribution >= 4 is 16.9 Å². The number of aryl methyl sites for hydroxylation is 2. The minimum atomic E-state index is -0.311. The van der Waals surface area contributed by atoms with Crippen LogP contribution in [0.25, 0.3) is 22.3 Å². The van der Waals surface area contributed by atoms with Crippen LogP contribution in [0.1, 0.15) is 62.5 Å². The minimum absolute atomic E-state index is 0.0659. The van der Waals surface area contributed by atoms with E-state index in [1.165, 1.54) is 6.07 Å². The smallest absolute Gasteiger partial charge is 0.251 e. The molecule has 0 fully saturated rings. The molecule has 0 bridgehead atoms. The van der Waals surface area contributed by atoms with Gasteiger partial charge in [-0.2, -0.15) is 0 Å². The number of nitrogens with one attached hydrogen (secondary N) is 1. The average molecular weight is 406 g/mol. The summed E-state index contributed by atoms with van der Waals surface area (Å²) in [6, 6.07) is 12.5. The second-order valence-electron chi connectivity index (χ2n) is 10.1.